The van der Waals surface area contributed by atoms with E-state index in [1.807, 2.05) is 11.9 Å². The van der Waals surface area contributed by atoms with Crippen LogP contribution in [0.3, 0.4) is 0 Å². The maximum absolute atomic E-state index is 13.7. The van der Waals surface area contributed by atoms with E-state index in [1.165, 1.54) is 6.07 Å². The fourth-order valence-electron chi connectivity index (χ4n) is 3.48. The van der Waals surface area contributed by atoms with Crippen LogP contribution in [0.2, 0.25) is 0 Å². The molecule has 2 aromatic carbocycles. The van der Waals surface area contributed by atoms with E-state index in [9.17, 15) is 18.0 Å². The van der Waals surface area contributed by atoms with E-state index >= 15 is 0 Å². The number of alkyl halides is 3. The van der Waals surface area contributed by atoms with E-state index in [1.54, 1.807) is 36.4 Å². The van der Waals surface area contributed by atoms with Gasteiger partial charge in [0.1, 0.15) is 0 Å². The predicted molar refractivity (Wildman–Crippen MR) is 91.1 cm³/mol. The Morgan fingerprint density at radius 1 is 1.20 bits per heavy atom. The van der Waals surface area contributed by atoms with Crippen LogP contribution in [-0.4, -0.2) is 37.1 Å². The van der Waals surface area contributed by atoms with Crippen molar-refractivity contribution in [2.24, 2.45) is 5.92 Å². The molecule has 1 heterocycles. The van der Waals surface area contributed by atoms with Crippen molar-refractivity contribution in [3.8, 4) is 0 Å². The SMILES string of the molecule is CN1CCCC(C(=O)NC(c2cccc3ccccc23)C(F)(F)F)C1. The van der Waals surface area contributed by atoms with Gasteiger partial charge in [-0.05, 0) is 42.8 Å². The summed E-state index contributed by atoms with van der Waals surface area (Å²) in [4.78, 5) is 14.5. The van der Waals surface area contributed by atoms with Crippen LogP contribution in [0, 0.1) is 5.92 Å². The zero-order valence-corrected chi connectivity index (χ0v) is 14.0. The number of hydrogen-bond acceptors (Lipinski definition) is 2. The molecule has 6 heteroatoms. The fourth-order valence-corrected chi connectivity index (χ4v) is 3.48. The van der Waals surface area contributed by atoms with Crippen LogP contribution < -0.4 is 5.32 Å². The highest BCUT2D eigenvalue weighted by molar-refractivity contribution is 5.87. The molecule has 0 radical (unpaired) electrons. The van der Waals surface area contributed by atoms with E-state index in [2.05, 4.69) is 5.32 Å². The maximum atomic E-state index is 13.7. The molecule has 2 atom stereocenters. The number of nitrogens with zero attached hydrogens (tertiary/aromatic N) is 1. The third-order valence-corrected chi connectivity index (χ3v) is 4.74. The van der Waals surface area contributed by atoms with Crippen LogP contribution in [0.5, 0.6) is 0 Å². The molecule has 134 valence electrons. The Kier molecular flexibility index (Phi) is 4.99. The monoisotopic (exact) mass is 350 g/mol. The van der Waals surface area contributed by atoms with Gasteiger partial charge in [0.15, 0.2) is 6.04 Å². The topological polar surface area (TPSA) is 32.3 Å². The highest BCUT2D eigenvalue weighted by Gasteiger charge is 2.43. The van der Waals surface area contributed by atoms with Crippen molar-refractivity contribution in [3.05, 3.63) is 48.0 Å². The van der Waals surface area contributed by atoms with Gasteiger partial charge < -0.3 is 10.2 Å². The Labute approximate surface area is 144 Å². The van der Waals surface area contributed by atoms with Crippen molar-refractivity contribution < 1.29 is 18.0 Å². The average molecular weight is 350 g/mol. The summed E-state index contributed by atoms with van der Waals surface area (Å²) in [7, 11) is 1.88. The first-order chi connectivity index (χ1) is 11.9. The zero-order valence-electron chi connectivity index (χ0n) is 14.0. The first kappa shape index (κ1) is 17.7. The quantitative estimate of drug-likeness (QED) is 0.911. The third kappa shape index (κ3) is 3.95. The van der Waals surface area contributed by atoms with Crippen LogP contribution >= 0.6 is 0 Å². The smallest absolute Gasteiger partial charge is 0.341 e. The number of likely N-dealkylation sites (tertiary alicyclic amines) is 1. The normalized spacial score (nSPS) is 20.4. The number of piperidine rings is 1. The second-order valence-electron chi connectivity index (χ2n) is 6.65. The molecule has 1 amide bonds. The van der Waals surface area contributed by atoms with Crippen molar-refractivity contribution in [1.29, 1.82) is 0 Å². The molecular weight excluding hydrogens is 329 g/mol. The van der Waals surface area contributed by atoms with Crippen LogP contribution in [0.15, 0.2) is 42.5 Å². The van der Waals surface area contributed by atoms with Crippen LogP contribution in [0.1, 0.15) is 24.4 Å². The Balaban J connectivity index is 1.91. The summed E-state index contributed by atoms with van der Waals surface area (Å²) in [6.07, 6.45) is -3.11. The lowest BCUT2D eigenvalue weighted by Crippen LogP contribution is -2.45. The van der Waals surface area contributed by atoms with Crippen molar-refractivity contribution >= 4 is 16.7 Å². The van der Waals surface area contributed by atoms with E-state index < -0.39 is 24.0 Å². The molecule has 2 aromatic rings. The number of halogens is 3. The molecule has 0 saturated carbocycles. The van der Waals surface area contributed by atoms with Gasteiger partial charge in [-0.25, -0.2) is 0 Å². The minimum absolute atomic E-state index is 0.0862. The van der Waals surface area contributed by atoms with Gasteiger partial charge in [-0.2, -0.15) is 13.2 Å². The highest BCUT2D eigenvalue weighted by Crippen LogP contribution is 2.36. The first-order valence-corrected chi connectivity index (χ1v) is 8.39. The number of benzene rings is 2. The molecule has 3 nitrogen and oxygen atoms in total. The van der Waals surface area contributed by atoms with Crippen molar-refractivity contribution in [2.45, 2.75) is 25.1 Å². The van der Waals surface area contributed by atoms with Gasteiger partial charge in [0.25, 0.3) is 0 Å². The summed E-state index contributed by atoms with van der Waals surface area (Å²) in [5, 5.41) is 3.50. The van der Waals surface area contributed by atoms with Gasteiger partial charge >= 0.3 is 6.18 Å². The van der Waals surface area contributed by atoms with Crippen molar-refractivity contribution in [1.82, 2.24) is 10.2 Å². The molecule has 1 N–H and O–H groups in total. The number of fused-ring (bicyclic) bond motifs is 1. The lowest BCUT2D eigenvalue weighted by atomic mass is 9.95. The summed E-state index contributed by atoms with van der Waals surface area (Å²) in [6, 6.07) is 9.71. The van der Waals surface area contributed by atoms with Crippen molar-refractivity contribution in [2.75, 3.05) is 20.1 Å². The van der Waals surface area contributed by atoms with Gasteiger partial charge in [-0.3, -0.25) is 4.79 Å². The second kappa shape index (κ2) is 7.04. The first-order valence-electron chi connectivity index (χ1n) is 8.39. The number of carbonyl (C=O) groups excluding carboxylic acids is 1. The molecule has 3 rings (SSSR count). The zero-order chi connectivity index (χ0) is 18.0. The Morgan fingerprint density at radius 3 is 2.64 bits per heavy atom. The summed E-state index contributed by atoms with van der Waals surface area (Å²) in [6.45, 7) is 1.36. The van der Waals surface area contributed by atoms with Gasteiger partial charge in [0.05, 0.1) is 5.92 Å². The molecule has 1 saturated heterocycles. The molecule has 1 fully saturated rings. The third-order valence-electron chi connectivity index (χ3n) is 4.74. The molecule has 2 unspecified atom stereocenters. The van der Waals surface area contributed by atoms with Crippen LogP contribution in [-0.2, 0) is 4.79 Å². The molecule has 1 aliphatic rings. The minimum atomic E-state index is -4.56. The Morgan fingerprint density at radius 2 is 1.92 bits per heavy atom. The second-order valence-corrected chi connectivity index (χ2v) is 6.65. The molecule has 1 aliphatic heterocycles. The van der Waals surface area contributed by atoms with Gasteiger partial charge in [0.2, 0.25) is 5.91 Å². The number of rotatable bonds is 3. The lowest BCUT2D eigenvalue weighted by Gasteiger charge is -2.31. The van der Waals surface area contributed by atoms with E-state index in [4.69, 9.17) is 0 Å². The van der Waals surface area contributed by atoms with E-state index in [-0.39, 0.29) is 5.56 Å². The van der Waals surface area contributed by atoms with Gasteiger partial charge in [-0.15, -0.1) is 0 Å². The number of carbonyl (C=O) groups is 1. The molecular formula is C19H21F3N2O. The Bertz CT molecular complexity index is 754. The number of amides is 1. The largest absolute Gasteiger partial charge is 0.412 e. The van der Waals surface area contributed by atoms with E-state index in [0.29, 0.717) is 18.4 Å². The summed E-state index contributed by atoms with van der Waals surface area (Å²) in [5.41, 5.74) is 0.0862. The van der Waals surface area contributed by atoms with Crippen LogP contribution in [0.4, 0.5) is 13.2 Å². The summed E-state index contributed by atoms with van der Waals surface area (Å²) >= 11 is 0. The molecule has 0 bridgehead atoms. The van der Waals surface area contributed by atoms with E-state index in [0.717, 1.165) is 18.4 Å². The van der Waals surface area contributed by atoms with Crippen LogP contribution in [0.25, 0.3) is 10.8 Å². The number of nitrogens with one attached hydrogen (secondary N) is 1. The van der Waals surface area contributed by atoms with Crippen molar-refractivity contribution in [3.63, 3.8) is 0 Å². The standard InChI is InChI=1S/C19H21F3N2O/c1-24-11-5-8-14(12-24)18(25)23-17(19(20,21)22)16-10-4-7-13-6-2-3-9-15(13)16/h2-4,6-7,9-10,14,17H,5,8,11-12H2,1H3,(H,23,25). The summed E-state index contributed by atoms with van der Waals surface area (Å²) in [5.74, 6) is -0.930. The highest BCUT2D eigenvalue weighted by atomic mass is 19.4. The molecule has 0 spiro atoms. The predicted octanol–water partition coefficient (Wildman–Crippen LogP) is 3.90. The van der Waals surface area contributed by atoms with Gasteiger partial charge in [0, 0.05) is 6.54 Å². The maximum Gasteiger partial charge on any atom is 0.412 e. The molecule has 0 aromatic heterocycles. The summed E-state index contributed by atoms with van der Waals surface area (Å²) < 4.78 is 41.1. The molecule has 25 heavy (non-hydrogen) atoms. The minimum Gasteiger partial charge on any atom is -0.341 e. The lowest BCUT2D eigenvalue weighted by molar-refractivity contribution is -0.164. The Hall–Kier alpha value is -2.08. The average Bonchev–Trinajstić information content (AvgIpc) is 2.58. The molecule has 0 aliphatic carbocycles. The fraction of sp³-hybridized carbons (Fsp3) is 0.421. The number of hydrogen-bond donors (Lipinski definition) is 1. The van der Waals surface area contributed by atoms with Gasteiger partial charge in [-0.1, -0.05) is 42.5 Å².